The second-order valence-electron chi connectivity index (χ2n) is 7.91. The third-order valence-electron chi connectivity index (χ3n) is 6.01. The number of amides is 2. The van der Waals surface area contributed by atoms with Gasteiger partial charge < -0.3 is 19.7 Å². The van der Waals surface area contributed by atoms with Crippen molar-refractivity contribution in [3.63, 3.8) is 0 Å². The molecule has 2 fully saturated rings. The minimum absolute atomic E-state index is 0.00695. The maximum atomic E-state index is 14.0. The van der Waals surface area contributed by atoms with Crippen LogP contribution in [0.3, 0.4) is 0 Å². The van der Waals surface area contributed by atoms with Crippen molar-refractivity contribution >= 4 is 28.4 Å². The van der Waals surface area contributed by atoms with Gasteiger partial charge in [-0.2, -0.15) is 0 Å². The van der Waals surface area contributed by atoms with E-state index in [4.69, 9.17) is 0 Å². The van der Waals surface area contributed by atoms with Crippen LogP contribution in [0, 0.1) is 5.82 Å². The molecule has 0 unspecified atom stereocenters. The molecule has 2 amide bonds. The second-order valence-corrected chi connectivity index (χ2v) is 7.91. The summed E-state index contributed by atoms with van der Waals surface area (Å²) in [6, 6.07) is 4.54. The molecule has 3 heterocycles. The third kappa shape index (κ3) is 3.88. The molecule has 7 heteroatoms. The molecular formula is C22H29FN4O2. The van der Waals surface area contributed by atoms with Crippen LogP contribution >= 0.6 is 0 Å². The van der Waals surface area contributed by atoms with Crippen LogP contribution in [-0.4, -0.2) is 54.0 Å². The Morgan fingerprint density at radius 3 is 2.66 bits per heavy atom. The fraction of sp³-hybridized carbons (Fsp3) is 0.545. The smallest absolute Gasteiger partial charge is 0.270 e. The van der Waals surface area contributed by atoms with E-state index in [0.717, 1.165) is 38.0 Å². The summed E-state index contributed by atoms with van der Waals surface area (Å²) < 4.78 is 15.9. The van der Waals surface area contributed by atoms with Gasteiger partial charge in [0.05, 0.1) is 11.2 Å². The zero-order chi connectivity index (χ0) is 20.4. The normalized spacial score (nSPS) is 17.6. The van der Waals surface area contributed by atoms with Crippen LogP contribution in [0.25, 0.3) is 10.9 Å². The third-order valence-corrected chi connectivity index (χ3v) is 6.01. The number of nitrogens with one attached hydrogen (secondary N) is 1. The molecule has 1 aromatic heterocycles. The number of fused-ring (bicyclic) bond motifs is 1. The minimum atomic E-state index is -0.365. The highest BCUT2D eigenvalue weighted by molar-refractivity contribution is 6.14. The number of rotatable bonds is 7. The van der Waals surface area contributed by atoms with Crippen LogP contribution in [0.4, 0.5) is 10.1 Å². The molecule has 0 saturated carbocycles. The molecule has 0 radical (unpaired) electrons. The largest absolute Gasteiger partial charge is 0.351 e. The molecule has 29 heavy (non-hydrogen) atoms. The molecule has 0 aliphatic carbocycles. The summed E-state index contributed by atoms with van der Waals surface area (Å²) >= 11 is 0. The standard InChI is InChI=1S/C22H29FN4O2/c1-2-26-18-9-8-16(23)15-17(18)20(27-14-5-7-19(27)28)21(26)22(29)24-10-6-13-25-11-3-4-12-25/h8-9,15H,2-7,10-14H2,1H3,(H,24,29). The number of anilines is 1. The van der Waals surface area contributed by atoms with E-state index in [1.165, 1.54) is 25.0 Å². The minimum Gasteiger partial charge on any atom is -0.351 e. The van der Waals surface area contributed by atoms with Crippen LogP contribution in [0.2, 0.25) is 0 Å². The van der Waals surface area contributed by atoms with Crippen molar-refractivity contribution in [2.24, 2.45) is 0 Å². The second kappa shape index (κ2) is 8.53. The maximum absolute atomic E-state index is 14.0. The van der Waals surface area contributed by atoms with Crippen molar-refractivity contribution in [1.29, 1.82) is 0 Å². The van der Waals surface area contributed by atoms with E-state index >= 15 is 0 Å². The molecule has 0 atom stereocenters. The summed E-state index contributed by atoms with van der Waals surface area (Å²) in [5.74, 6) is -0.566. The van der Waals surface area contributed by atoms with Crippen LogP contribution < -0.4 is 10.2 Å². The predicted octanol–water partition coefficient (Wildman–Crippen LogP) is 3.14. The Labute approximate surface area is 170 Å². The van der Waals surface area contributed by atoms with Gasteiger partial charge in [0.15, 0.2) is 0 Å². The fourth-order valence-corrected chi connectivity index (χ4v) is 4.62. The number of halogens is 1. The number of likely N-dealkylation sites (tertiary alicyclic amines) is 1. The zero-order valence-corrected chi connectivity index (χ0v) is 17.0. The Morgan fingerprint density at radius 1 is 1.17 bits per heavy atom. The number of hydrogen-bond donors (Lipinski definition) is 1. The topological polar surface area (TPSA) is 57.6 Å². The molecule has 0 bridgehead atoms. The Morgan fingerprint density at radius 2 is 1.97 bits per heavy atom. The van der Waals surface area contributed by atoms with Gasteiger partial charge in [-0.1, -0.05) is 0 Å². The molecule has 2 aromatic rings. The molecule has 2 saturated heterocycles. The Kier molecular flexibility index (Phi) is 5.85. The van der Waals surface area contributed by atoms with Crippen molar-refractivity contribution in [3.8, 4) is 0 Å². The summed E-state index contributed by atoms with van der Waals surface area (Å²) in [6.07, 6.45) is 4.62. The van der Waals surface area contributed by atoms with E-state index in [2.05, 4.69) is 10.2 Å². The van der Waals surface area contributed by atoms with Crippen molar-refractivity contribution in [2.45, 2.75) is 45.6 Å². The van der Waals surface area contributed by atoms with Gasteiger partial charge in [-0.05, 0) is 70.4 Å². The van der Waals surface area contributed by atoms with E-state index in [1.807, 2.05) is 11.5 Å². The average Bonchev–Trinajstić information content (AvgIpc) is 3.43. The molecule has 1 aromatic carbocycles. The van der Waals surface area contributed by atoms with Crippen molar-refractivity contribution in [1.82, 2.24) is 14.8 Å². The Bertz CT molecular complexity index is 917. The van der Waals surface area contributed by atoms with Crippen molar-refractivity contribution in [2.75, 3.05) is 37.6 Å². The summed E-state index contributed by atoms with van der Waals surface area (Å²) in [4.78, 5) is 29.7. The van der Waals surface area contributed by atoms with Gasteiger partial charge >= 0.3 is 0 Å². The lowest BCUT2D eigenvalue weighted by atomic mass is 10.2. The number of aryl methyl sites for hydroxylation is 1. The number of nitrogens with zero attached hydrogens (tertiary/aromatic N) is 3. The van der Waals surface area contributed by atoms with Gasteiger partial charge in [0.25, 0.3) is 5.91 Å². The highest BCUT2D eigenvalue weighted by atomic mass is 19.1. The first-order valence-corrected chi connectivity index (χ1v) is 10.7. The summed E-state index contributed by atoms with van der Waals surface area (Å²) in [7, 11) is 0. The first kappa shape index (κ1) is 19.9. The van der Waals surface area contributed by atoms with Gasteiger partial charge in [0, 0.05) is 31.4 Å². The van der Waals surface area contributed by atoms with E-state index in [0.29, 0.717) is 42.8 Å². The van der Waals surface area contributed by atoms with Crippen LogP contribution in [0.1, 0.15) is 49.5 Å². The van der Waals surface area contributed by atoms with Crippen molar-refractivity contribution in [3.05, 3.63) is 29.7 Å². The molecule has 2 aliphatic heterocycles. The Hall–Kier alpha value is -2.41. The quantitative estimate of drug-likeness (QED) is 0.727. The lowest BCUT2D eigenvalue weighted by molar-refractivity contribution is -0.117. The lowest BCUT2D eigenvalue weighted by Crippen LogP contribution is -2.32. The van der Waals surface area contributed by atoms with Crippen LogP contribution in [-0.2, 0) is 11.3 Å². The van der Waals surface area contributed by atoms with Gasteiger partial charge in [-0.25, -0.2) is 4.39 Å². The first-order valence-electron chi connectivity index (χ1n) is 10.7. The first-order chi connectivity index (χ1) is 14.1. The number of benzene rings is 1. The SMILES string of the molecule is CCn1c(C(=O)NCCCN2CCCC2)c(N2CCCC2=O)c2cc(F)ccc21. The number of aromatic nitrogens is 1. The summed E-state index contributed by atoms with van der Waals surface area (Å²) in [5, 5.41) is 3.66. The number of carbonyl (C=O) groups is 2. The Balaban J connectivity index is 1.62. The fourth-order valence-electron chi connectivity index (χ4n) is 4.62. The van der Waals surface area contributed by atoms with Crippen molar-refractivity contribution < 1.29 is 14.0 Å². The number of carbonyl (C=O) groups excluding carboxylic acids is 2. The van der Waals surface area contributed by atoms with Gasteiger partial charge in [-0.15, -0.1) is 0 Å². The molecule has 2 aliphatic rings. The molecule has 156 valence electrons. The number of hydrogen-bond acceptors (Lipinski definition) is 3. The molecule has 6 nitrogen and oxygen atoms in total. The molecule has 0 spiro atoms. The van der Waals surface area contributed by atoms with E-state index in [-0.39, 0.29) is 17.6 Å². The van der Waals surface area contributed by atoms with Crippen LogP contribution in [0.5, 0.6) is 0 Å². The van der Waals surface area contributed by atoms with Gasteiger partial charge in [0.1, 0.15) is 11.5 Å². The maximum Gasteiger partial charge on any atom is 0.270 e. The molecule has 4 rings (SSSR count). The van der Waals surface area contributed by atoms with Crippen LogP contribution in [0.15, 0.2) is 18.2 Å². The highest BCUT2D eigenvalue weighted by Crippen LogP contribution is 2.37. The van der Waals surface area contributed by atoms with E-state index in [9.17, 15) is 14.0 Å². The molecule has 1 N–H and O–H groups in total. The predicted molar refractivity (Wildman–Crippen MR) is 112 cm³/mol. The average molecular weight is 400 g/mol. The van der Waals surface area contributed by atoms with E-state index in [1.54, 1.807) is 11.0 Å². The summed E-state index contributed by atoms with van der Waals surface area (Å²) in [6.45, 7) is 6.95. The zero-order valence-electron chi connectivity index (χ0n) is 17.0. The van der Waals surface area contributed by atoms with Gasteiger partial charge in [-0.3, -0.25) is 9.59 Å². The van der Waals surface area contributed by atoms with Gasteiger partial charge in [0.2, 0.25) is 5.91 Å². The summed E-state index contributed by atoms with van der Waals surface area (Å²) in [5.41, 5.74) is 1.80. The monoisotopic (exact) mass is 400 g/mol. The lowest BCUT2D eigenvalue weighted by Gasteiger charge is -2.19. The highest BCUT2D eigenvalue weighted by Gasteiger charge is 2.31. The van der Waals surface area contributed by atoms with E-state index < -0.39 is 0 Å². The molecular weight excluding hydrogens is 371 g/mol.